The maximum absolute atomic E-state index is 6.10. The van der Waals surface area contributed by atoms with E-state index in [1.807, 2.05) is 12.1 Å². The molecule has 0 saturated heterocycles. The maximum atomic E-state index is 6.10. The highest BCUT2D eigenvalue weighted by Gasteiger charge is 2.13. The van der Waals surface area contributed by atoms with Gasteiger partial charge < -0.3 is 5.73 Å². The van der Waals surface area contributed by atoms with Crippen molar-refractivity contribution < 1.29 is 0 Å². The molecule has 0 fully saturated rings. The Morgan fingerprint density at radius 1 is 1.33 bits per heavy atom. The molecule has 0 amide bonds. The first-order chi connectivity index (χ1) is 7.06. The molecular weight excluding hydrogens is 229 g/mol. The highest BCUT2D eigenvalue weighted by atomic mass is 35.5. The molecule has 1 aromatic carbocycles. The van der Waals surface area contributed by atoms with Gasteiger partial charge in [0, 0.05) is 6.04 Å². The summed E-state index contributed by atoms with van der Waals surface area (Å²) >= 11 is 12.0. The summed E-state index contributed by atoms with van der Waals surface area (Å²) in [4.78, 5) is 0. The average molecular weight is 246 g/mol. The van der Waals surface area contributed by atoms with Crippen molar-refractivity contribution in [3.8, 4) is 0 Å². The second-order valence-electron chi connectivity index (χ2n) is 3.97. The third kappa shape index (κ3) is 3.37. The van der Waals surface area contributed by atoms with Gasteiger partial charge in [0.1, 0.15) is 0 Å². The van der Waals surface area contributed by atoms with E-state index in [0.717, 1.165) is 18.4 Å². The van der Waals surface area contributed by atoms with Gasteiger partial charge in [-0.2, -0.15) is 0 Å². The third-order valence-electron chi connectivity index (χ3n) is 2.86. The van der Waals surface area contributed by atoms with E-state index in [1.165, 1.54) is 0 Å². The summed E-state index contributed by atoms with van der Waals surface area (Å²) in [6.07, 6.45) is 1.87. The van der Waals surface area contributed by atoms with E-state index < -0.39 is 0 Å². The SMILES string of the molecule is CCC(C)C(N)Cc1cccc(Cl)c1Cl. The normalized spacial score (nSPS) is 15.0. The van der Waals surface area contributed by atoms with Crippen LogP contribution in [0.25, 0.3) is 0 Å². The summed E-state index contributed by atoms with van der Waals surface area (Å²) < 4.78 is 0. The van der Waals surface area contributed by atoms with Crippen LogP contribution >= 0.6 is 23.2 Å². The number of rotatable bonds is 4. The van der Waals surface area contributed by atoms with Crippen LogP contribution in [0, 0.1) is 5.92 Å². The fraction of sp³-hybridized carbons (Fsp3) is 0.500. The van der Waals surface area contributed by atoms with Crippen molar-refractivity contribution in [2.45, 2.75) is 32.7 Å². The molecule has 1 aromatic rings. The Hall–Kier alpha value is -0.240. The summed E-state index contributed by atoms with van der Waals surface area (Å²) in [5.74, 6) is 0.500. The number of nitrogens with two attached hydrogens (primary N) is 1. The molecular formula is C12H17Cl2N. The van der Waals surface area contributed by atoms with Gasteiger partial charge in [0.25, 0.3) is 0 Å². The summed E-state index contributed by atoms with van der Waals surface area (Å²) in [5.41, 5.74) is 7.12. The Balaban J connectivity index is 2.76. The van der Waals surface area contributed by atoms with Crippen molar-refractivity contribution in [1.82, 2.24) is 0 Å². The van der Waals surface area contributed by atoms with E-state index in [2.05, 4.69) is 13.8 Å². The molecule has 15 heavy (non-hydrogen) atoms. The molecule has 1 rings (SSSR count). The fourth-order valence-electron chi connectivity index (χ4n) is 1.46. The van der Waals surface area contributed by atoms with E-state index in [9.17, 15) is 0 Å². The molecule has 0 aliphatic rings. The minimum absolute atomic E-state index is 0.144. The van der Waals surface area contributed by atoms with Gasteiger partial charge in [0.2, 0.25) is 0 Å². The van der Waals surface area contributed by atoms with Gasteiger partial charge in [-0.3, -0.25) is 0 Å². The predicted octanol–water partition coefficient (Wildman–Crippen LogP) is 3.91. The van der Waals surface area contributed by atoms with E-state index in [1.54, 1.807) is 6.07 Å². The summed E-state index contributed by atoms with van der Waals surface area (Å²) in [6.45, 7) is 4.30. The van der Waals surface area contributed by atoms with Crippen LogP contribution in [0.15, 0.2) is 18.2 Å². The van der Waals surface area contributed by atoms with Crippen LogP contribution in [-0.2, 0) is 6.42 Å². The fourth-order valence-corrected chi connectivity index (χ4v) is 1.86. The molecule has 0 heterocycles. The first-order valence-corrected chi connectivity index (χ1v) is 6.00. The Morgan fingerprint density at radius 2 is 2.00 bits per heavy atom. The number of halogens is 2. The van der Waals surface area contributed by atoms with Gasteiger partial charge in [-0.1, -0.05) is 55.6 Å². The highest BCUT2D eigenvalue weighted by Crippen LogP contribution is 2.27. The lowest BCUT2D eigenvalue weighted by molar-refractivity contribution is 0.440. The van der Waals surface area contributed by atoms with Crippen molar-refractivity contribution in [2.75, 3.05) is 0 Å². The van der Waals surface area contributed by atoms with Crippen molar-refractivity contribution >= 4 is 23.2 Å². The van der Waals surface area contributed by atoms with E-state index >= 15 is 0 Å². The van der Waals surface area contributed by atoms with Crippen LogP contribution in [0.5, 0.6) is 0 Å². The number of hydrogen-bond donors (Lipinski definition) is 1. The molecule has 2 N–H and O–H groups in total. The lowest BCUT2D eigenvalue weighted by Crippen LogP contribution is -2.30. The van der Waals surface area contributed by atoms with Crippen LogP contribution in [-0.4, -0.2) is 6.04 Å². The van der Waals surface area contributed by atoms with E-state index in [4.69, 9.17) is 28.9 Å². The maximum Gasteiger partial charge on any atom is 0.0624 e. The lowest BCUT2D eigenvalue weighted by atomic mass is 9.94. The molecule has 2 unspecified atom stereocenters. The van der Waals surface area contributed by atoms with Gasteiger partial charge in [0.15, 0.2) is 0 Å². The third-order valence-corrected chi connectivity index (χ3v) is 3.72. The average Bonchev–Trinajstić information content (AvgIpc) is 2.23. The second kappa shape index (κ2) is 5.74. The first-order valence-electron chi connectivity index (χ1n) is 5.24. The Bertz CT molecular complexity index is 325. The van der Waals surface area contributed by atoms with Crippen LogP contribution < -0.4 is 5.73 Å². The van der Waals surface area contributed by atoms with Crippen molar-refractivity contribution in [1.29, 1.82) is 0 Å². The smallest absolute Gasteiger partial charge is 0.0624 e. The van der Waals surface area contributed by atoms with Crippen LogP contribution in [0.1, 0.15) is 25.8 Å². The quantitative estimate of drug-likeness (QED) is 0.856. The standard InChI is InChI=1S/C12H17Cl2N/c1-3-8(2)11(15)7-9-5-4-6-10(13)12(9)14/h4-6,8,11H,3,7,15H2,1-2H3. The molecule has 0 saturated carbocycles. The molecule has 0 spiro atoms. The first kappa shape index (κ1) is 12.8. The zero-order valence-electron chi connectivity index (χ0n) is 9.13. The topological polar surface area (TPSA) is 26.0 Å². The minimum Gasteiger partial charge on any atom is -0.327 e. The Kier molecular flexibility index (Phi) is 4.91. The van der Waals surface area contributed by atoms with Gasteiger partial charge >= 0.3 is 0 Å². The molecule has 0 radical (unpaired) electrons. The van der Waals surface area contributed by atoms with Gasteiger partial charge in [-0.05, 0) is 24.0 Å². The molecule has 1 nitrogen and oxygen atoms in total. The van der Waals surface area contributed by atoms with Crippen molar-refractivity contribution in [3.05, 3.63) is 33.8 Å². The molecule has 0 bridgehead atoms. The summed E-state index contributed by atoms with van der Waals surface area (Å²) in [6, 6.07) is 5.83. The van der Waals surface area contributed by atoms with Crippen LogP contribution in [0.3, 0.4) is 0 Å². The summed E-state index contributed by atoms with van der Waals surface area (Å²) in [7, 11) is 0. The second-order valence-corrected chi connectivity index (χ2v) is 4.75. The lowest BCUT2D eigenvalue weighted by Gasteiger charge is -2.19. The number of hydrogen-bond acceptors (Lipinski definition) is 1. The number of benzene rings is 1. The van der Waals surface area contributed by atoms with Gasteiger partial charge in [0.05, 0.1) is 10.0 Å². The van der Waals surface area contributed by atoms with Gasteiger partial charge in [-0.25, -0.2) is 0 Å². The molecule has 0 aromatic heterocycles. The highest BCUT2D eigenvalue weighted by molar-refractivity contribution is 6.42. The zero-order valence-corrected chi connectivity index (χ0v) is 10.6. The monoisotopic (exact) mass is 245 g/mol. The minimum atomic E-state index is 0.144. The Labute approximate surface area is 102 Å². The largest absolute Gasteiger partial charge is 0.327 e. The molecule has 0 aliphatic heterocycles. The van der Waals surface area contributed by atoms with Crippen LogP contribution in [0.4, 0.5) is 0 Å². The van der Waals surface area contributed by atoms with Crippen molar-refractivity contribution in [3.63, 3.8) is 0 Å². The Morgan fingerprint density at radius 3 is 2.60 bits per heavy atom. The summed E-state index contributed by atoms with van der Waals surface area (Å²) in [5, 5.41) is 1.24. The molecule has 0 aliphatic carbocycles. The molecule has 3 heteroatoms. The van der Waals surface area contributed by atoms with E-state index in [0.29, 0.717) is 16.0 Å². The van der Waals surface area contributed by atoms with Crippen molar-refractivity contribution in [2.24, 2.45) is 11.7 Å². The van der Waals surface area contributed by atoms with Crippen LogP contribution in [0.2, 0.25) is 10.0 Å². The molecule has 2 atom stereocenters. The molecule has 84 valence electrons. The van der Waals surface area contributed by atoms with Gasteiger partial charge in [-0.15, -0.1) is 0 Å². The predicted molar refractivity (Wildman–Crippen MR) is 67.6 cm³/mol. The zero-order chi connectivity index (χ0) is 11.4. The van der Waals surface area contributed by atoms with E-state index in [-0.39, 0.29) is 6.04 Å².